The Bertz CT molecular complexity index is 625. The van der Waals surface area contributed by atoms with E-state index in [1.54, 1.807) is 12.3 Å². The smallest absolute Gasteiger partial charge is 0.224 e. The van der Waals surface area contributed by atoms with Crippen LogP contribution < -0.4 is 5.32 Å². The molecule has 1 N–H and O–H groups in total. The Morgan fingerprint density at radius 2 is 2.10 bits per heavy atom. The number of alkyl halides is 2. The van der Waals surface area contributed by atoms with Crippen LogP contribution in [0.2, 0.25) is 0 Å². The van der Waals surface area contributed by atoms with Crippen molar-refractivity contribution in [3.05, 3.63) is 59.5 Å². The molecule has 1 aliphatic rings. The first-order chi connectivity index (χ1) is 10.2. The second-order valence-electron chi connectivity index (χ2n) is 5.17. The van der Waals surface area contributed by atoms with Crippen molar-refractivity contribution in [3.63, 3.8) is 0 Å². The molecule has 0 spiro atoms. The second kappa shape index (κ2) is 6.12. The molecule has 1 aromatic heterocycles. The van der Waals surface area contributed by atoms with Crippen molar-refractivity contribution in [1.29, 1.82) is 0 Å². The highest BCUT2D eigenvalue weighted by Crippen LogP contribution is 2.43. The van der Waals surface area contributed by atoms with Gasteiger partial charge in [-0.05, 0) is 29.7 Å². The second-order valence-corrected chi connectivity index (χ2v) is 6.33. The normalized spacial score (nSPS) is 20.5. The van der Waals surface area contributed by atoms with Crippen LogP contribution in [-0.2, 0) is 17.8 Å². The van der Waals surface area contributed by atoms with Crippen LogP contribution >= 0.6 is 23.2 Å². The lowest BCUT2D eigenvalue weighted by atomic mass is 9.93. The maximum Gasteiger partial charge on any atom is 0.224 e. The van der Waals surface area contributed by atoms with Crippen LogP contribution in [-0.4, -0.2) is 10.7 Å². The molecule has 2 aromatic rings. The molecule has 3 rings (SSSR count). The number of fused-ring (bicyclic) bond motifs is 1. The Morgan fingerprint density at radius 3 is 2.81 bits per heavy atom. The molecule has 0 aliphatic heterocycles. The molecule has 1 heterocycles. The number of nitrogens with one attached hydrogen (secondary N) is 1. The van der Waals surface area contributed by atoms with Crippen molar-refractivity contribution in [2.45, 2.75) is 23.7 Å². The van der Waals surface area contributed by atoms with Gasteiger partial charge in [0.15, 0.2) is 0 Å². The Hall–Kier alpha value is -1.45. The van der Waals surface area contributed by atoms with Crippen LogP contribution in [0.25, 0.3) is 0 Å². The molecular formula is C16H15Cl2NO2. The summed E-state index contributed by atoms with van der Waals surface area (Å²) in [6.07, 6.45) is 2.25. The molecule has 0 fully saturated rings. The van der Waals surface area contributed by atoms with Crippen LogP contribution in [0.5, 0.6) is 0 Å². The summed E-state index contributed by atoms with van der Waals surface area (Å²) in [6.45, 7) is 0.376. The van der Waals surface area contributed by atoms with Crippen LogP contribution in [0.15, 0.2) is 47.1 Å². The summed E-state index contributed by atoms with van der Waals surface area (Å²) in [7, 11) is 0. The first kappa shape index (κ1) is 14.5. The molecular weight excluding hydrogens is 309 g/mol. The fourth-order valence-electron chi connectivity index (χ4n) is 2.91. The summed E-state index contributed by atoms with van der Waals surface area (Å²) in [6, 6.07) is 11.6. The molecule has 0 unspecified atom stereocenters. The highest BCUT2D eigenvalue weighted by molar-refractivity contribution is 6.45. The maximum absolute atomic E-state index is 12.5. The van der Waals surface area contributed by atoms with E-state index in [4.69, 9.17) is 27.6 Å². The average molecular weight is 324 g/mol. The molecule has 1 aliphatic carbocycles. The Morgan fingerprint density at radius 1 is 1.29 bits per heavy atom. The summed E-state index contributed by atoms with van der Waals surface area (Å²) in [4.78, 5) is 11.9. The lowest BCUT2D eigenvalue weighted by Gasteiger charge is -2.20. The average Bonchev–Trinajstić information content (AvgIpc) is 3.11. The topological polar surface area (TPSA) is 42.2 Å². The highest BCUT2D eigenvalue weighted by Gasteiger charge is 2.40. The minimum atomic E-state index is -0.604. The van der Waals surface area contributed by atoms with Crippen molar-refractivity contribution in [2.24, 2.45) is 5.92 Å². The van der Waals surface area contributed by atoms with Gasteiger partial charge in [0.2, 0.25) is 5.91 Å². The molecule has 1 amide bonds. The lowest BCUT2D eigenvalue weighted by molar-refractivity contribution is -0.125. The molecule has 0 saturated heterocycles. The van der Waals surface area contributed by atoms with E-state index in [0.717, 1.165) is 16.9 Å². The zero-order chi connectivity index (χ0) is 14.8. The molecule has 3 nitrogen and oxygen atoms in total. The number of amides is 1. The van der Waals surface area contributed by atoms with Crippen LogP contribution in [0.3, 0.4) is 0 Å². The maximum atomic E-state index is 12.5. The van der Waals surface area contributed by atoms with E-state index in [-0.39, 0.29) is 17.7 Å². The van der Waals surface area contributed by atoms with Gasteiger partial charge in [-0.25, -0.2) is 0 Å². The first-order valence-electron chi connectivity index (χ1n) is 6.83. The summed E-state index contributed by atoms with van der Waals surface area (Å²) < 4.78 is 5.22. The van der Waals surface area contributed by atoms with Gasteiger partial charge in [-0.15, -0.1) is 23.2 Å². The SMILES string of the molecule is O=C(NCc1ccco1)[C@@H]1Cc2ccccc2[C@H]1C(Cl)Cl. The molecule has 1 aromatic carbocycles. The lowest BCUT2D eigenvalue weighted by Crippen LogP contribution is -2.34. The van der Waals surface area contributed by atoms with Crippen molar-refractivity contribution < 1.29 is 9.21 Å². The number of hydrogen-bond acceptors (Lipinski definition) is 2. The number of carbonyl (C=O) groups excluding carboxylic acids is 1. The van der Waals surface area contributed by atoms with E-state index in [0.29, 0.717) is 13.0 Å². The number of rotatable bonds is 4. The van der Waals surface area contributed by atoms with E-state index in [1.807, 2.05) is 30.3 Å². The van der Waals surface area contributed by atoms with Crippen LogP contribution in [0, 0.1) is 5.92 Å². The van der Waals surface area contributed by atoms with Gasteiger partial charge in [0.25, 0.3) is 0 Å². The largest absolute Gasteiger partial charge is 0.467 e. The van der Waals surface area contributed by atoms with Crippen LogP contribution in [0.4, 0.5) is 0 Å². The fourth-order valence-corrected chi connectivity index (χ4v) is 3.53. The zero-order valence-electron chi connectivity index (χ0n) is 11.3. The predicted octanol–water partition coefficient (Wildman–Crippen LogP) is 3.66. The van der Waals surface area contributed by atoms with Gasteiger partial charge in [0, 0.05) is 5.92 Å². The minimum Gasteiger partial charge on any atom is -0.467 e. The molecule has 21 heavy (non-hydrogen) atoms. The first-order valence-corrected chi connectivity index (χ1v) is 7.70. The minimum absolute atomic E-state index is 0.0427. The molecule has 0 saturated carbocycles. The van der Waals surface area contributed by atoms with Gasteiger partial charge in [0.1, 0.15) is 10.6 Å². The molecule has 110 valence electrons. The number of halogens is 2. The zero-order valence-corrected chi connectivity index (χ0v) is 12.8. The number of carbonyl (C=O) groups is 1. The summed E-state index contributed by atoms with van der Waals surface area (Å²) in [5, 5.41) is 2.90. The van der Waals surface area contributed by atoms with Crippen molar-refractivity contribution in [1.82, 2.24) is 5.32 Å². The summed E-state index contributed by atoms with van der Waals surface area (Å²) >= 11 is 12.2. The summed E-state index contributed by atoms with van der Waals surface area (Å²) in [5.41, 5.74) is 2.22. The monoisotopic (exact) mass is 323 g/mol. The molecule has 2 atom stereocenters. The van der Waals surface area contributed by atoms with E-state index in [9.17, 15) is 4.79 Å². The van der Waals surface area contributed by atoms with Gasteiger partial charge < -0.3 is 9.73 Å². The Balaban J connectivity index is 1.74. The van der Waals surface area contributed by atoms with Gasteiger partial charge in [0.05, 0.1) is 18.7 Å². The molecule has 0 bridgehead atoms. The molecule has 5 heteroatoms. The van der Waals surface area contributed by atoms with Crippen LogP contribution in [0.1, 0.15) is 22.8 Å². The van der Waals surface area contributed by atoms with Gasteiger partial charge in [-0.3, -0.25) is 4.79 Å². The van der Waals surface area contributed by atoms with E-state index < -0.39 is 4.84 Å². The predicted molar refractivity (Wildman–Crippen MR) is 82.4 cm³/mol. The number of benzene rings is 1. The quantitative estimate of drug-likeness (QED) is 0.872. The Kier molecular flexibility index (Phi) is 4.22. The molecule has 0 radical (unpaired) electrons. The van der Waals surface area contributed by atoms with Gasteiger partial charge in [-0.1, -0.05) is 24.3 Å². The number of hydrogen-bond donors (Lipinski definition) is 1. The fraction of sp³-hybridized carbons (Fsp3) is 0.312. The number of furan rings is 1. The van der Waals surface area contributed by atoms with Crippen molar-refractivity contribution in [3.8, 4) is 0 Å². The standard InChI is InChI=1S/C16H15Cl2NO2/c17-15(18)14-12-6-2-1-4-10(12)8-13(14)16(20)19-9-11-5-3-7-21-11/h1-7,13-15H,8-9H2,(H,19,20)/t13-,14-/m1/s1. The van der Waals surface area contributed by atoms with Crippen molar-refractivity contribution >= 4 is 29.1 Å². The third-order valence-electron chi connectivity index (χ3n) is 3.91. The van der Waals surface area contributed by atoms with Crippen molar-refractivity contribution in [2.75, 3.05) is 0 Å². The highest BCUT2D eigenvalue weighted by atomic mass is 35.5. The van der Waals surface area contributed by atoms with Gasteiger partial charge >= 0.3 is 0 Å². The third kappa shape index (κ3) is 2.94. The van der Waals surface area contributed by atoms with E-state index in [1.165, 1.54) is 0 Å². The van der Waals surface area contributed by atoms with Gasteiger partial charge in [-0.2, -0.15) is 0 Å². The third-order valence-corrected chi connectivity index (χ3v) is 4.46. The van der Waals surface area contributed by atoms with E-state index >= 15 is 0 Å². The summed E-state index contributed by atoms with van der Waals surface area (Å²) in [5.74, 6) is 0.279. The Labute approximate surface area is 133 Å². The van der Waals surface area contributed by atoms with E-state index in [2.05, 4.69) is 5.32 Å².